The Morgan fingerprint density at radius 1 is 1.46 bits per heavy atom. The summed E-state index contributed by atoms with van der Waals surface area (Å²) >= 11 is 6.23. The molecule has 1 aromatic heterocycles. The van der Waals surface area contributed by atoms with Crippen molar-refractivity contribution in [1.29, 1.82) is 5.26 Å². The van der Waals surface area contributed by atoms with Gasteiger partial charge >= 0.3 is 0 Å². The van der Waals surface area contributed by atoms with E-state index in [9.17, 15) is 9.50 Å². The number of benzene rings is 1. The van der Waals surface area contributed by atoms with Crippen LogP contribution in [0.15, 0.2) is 54.5 Å². The first kappa shape index (κ1) is 17.0. The fourth-order valence-electron chi connectivity index (χ4n) is 3.83. The highest BCUT2D eigenvalue weighted by Gasteiger charge is 2.46. The van der Waals surface area contributed by atoms with Gasteiger partial charge in [-0.05, 0) is 23.6 Å². The summed E-state index contributed by atoms with van der Waals surface area (Å²) in [6, 6.07) is 5.96. The van der Waals surface area contributed by atoms with Crippen LogP contribution in [-0.4, -0.2) is 20.0 Å². The van der Waals surface area contributed by atoms with Gasteiger partial charge in [-0.25, -0.2) is 9.37 Å². The Morgan fingerprint density at radius 3 is 2.96 bits per heavy atom. The summed E-state index contributed by atoms with van der Waals surface area (Å²) in [5.41, 5.74) is 0.819. The van der Waals surface area contributed by atoms with Crippen molar-refractivity contribution in [3.05, 3.63) is 77.2 Å². The molecule has 0 spiro atoms. The lowest BCUT2D eigenvalue weighted by Crippen LogP contribution is -2.27. The fourth-order valence-corrected chi connectivity index (χ4v) is 3.97. The normalized spacial score (nSPS) is 30.0. The minimum Gasteiger partial charge on any atom is -0.379 e. The van der Waals surface area contributed by atoms with Gasteiger partial charge < -0.3 is 9.67 Å². The van der Waals surface area contributed by atoms with Crippen LogP contribution >= 0.6 is 11.6 Å². The van der Waals surface area contributed by atoms with Gasteiger partial charge in [-0.1, -0.05) is 31.2 Å². The molecule has 2 aliphatic rings. The van der Waals surface area contributed by atoms with Gasteiger partial charge in [0.25, 0.3) is 0 Å². The quantitative estimate of drug-likeness (QED) is 0.819. The SMILES string of the molecule is CC1C=C(C2(O)CC(c3ccc(C#N)cc3F)n3cncc32)C=CC1Cl. The second-order valence-corrected chi connectivity index (χ2v) is 7.40. The largest absolute Gasteiger partial charge is 0.379 e. The highest BCUT2D eigenvalue weighted by Crippen LogP contribution is 2.48. The van der Waals surface area contributed by atoms with Crippen molar-refractivity contribution >= 4 is 11.6 Å². The summed E-state index contributed by atoms with van der Waals surface area (Å²) in [5, 5.41) is 20.3. The summed E-state index contributed by atoms with van der Waals surface area (Å²) in [5.74, 6) is -0.372. The van der Waals surface area contributed by atoms with Crippen molar-refractivity contribution in [2.45, 2.75) is 30.4 Å². The van der Waals surface area contributed by atoms with Crippen molar-refractivity contribution in [3.8, 4) is 6.07 Å². The monoisotopic (exact) mass is 369 g/mol. The number of allylic oxidation sites excluding steroid dienone is 2. The van der Waals surface area contributed by atoms with E-state index < -0.39 is 17.5 Å². The van der Waals surface area contributed by atoms with E-state index in [0.29, 0.717) is 17.7 Å². The highest BCUT2D eigenvalue weighted by molar-refractivity contribution is 6.22. The molecule has 0 amide bonds. The summed E-state index contributed by atoms with van der Waals surface area (Å²) in [7, 11) is 0. The first-order chi connectivity index (χ1) is 12.4. The van der Waals surface area contributed by atoms with Gasteiger partial charge in [0.1, 0.15) is 11.4 Å². The van der Waals surface area contributed by atoms with Gasteiger partial charge in [0.2, 0.25) is 0 Å². The third-order valence-electron chi connectivity index (χ3n) is 5.28. The number of rotatable bonds is 2. The average Bonchev–Trinajstić information content (AvgIpc) is 3.21. The lowest BCUT2D eigenvalue weighted by atomic mass is 9.82. The maximum atomic E-state index is 14.6. The molecule has 1 aliphatic carbocycles. The molecular weight excluding hydrogens is 353 g/mol. The third-order valence-corrected chi connectivity index (χ3v) is 5.83. The van der Waals surface area contributed by atoms with Gasteiger partial charge in [-0.3, -0.25) is 0 Å². The number of nitrogens with zero attached hydrogens (tertiary/aromatic N) is 3. The highest BCUT2D eigenvalue weighted by atomic mass is 35.5. The Balaban J connectivity index is 1.78. The molecule has 2 aromatic rings. The van der Waals surface area contributed by atoms with Gasteiger partial charge in [0, 0.05) is 12.0 Å². The minimum atomic E-state index is -1.26. The Bertz CT molecular complexity index is 974. The van der Waals surface area contributed by atoms with Crippen LogP contribution in [0.4, 0.5) is 4.39 Å². The molecule has 4 atom stereocenters. The molecule has 4 rings (SSSR count). The van der Waals surface area contributed by atoms with Gasteiger partial charge in [-0.15, -0.1) is 11.6 Å². The smallest absolute Gasteiger partial charge is 0.133 e. The Labute approximate surface area is 155 Å². The average molecular weight is 370 g/mol. The molecule has 26 heavy (non-hydrogen) atoms. The van der Waals surface area contributed by atoms with E-state index in [0.717, 1.165) is 5.57 Å². The molecular formula is C20H17ClFN3O. The first-order valence-electron chi connectivity index (χ1n) is 8.43. The maximum Gasteiger partial charge on any atom is 0.133 e. The minimum absolute atomic E-state index is 0.0859. The van der Waals surface area contributed by atoms with Gasteiger partial charge in [0.05, 0.1) is 41.3 Å². The van der Waals surface area contributed by atoms with Crippen LogP contribution < -0.4 is 0 Å². The van der Waals surface area contributed by atoms with Crippen LogP contribution in [0.1, 0.15) is 36.2 Å². The number of aliphatic hydroxyl groups is 1. The number of aromatic nitrogens is 2. The van der Waals surface area contributed by atoms with Crippen molar-refractivity contribution in [2.75, 3.05) is 0 Å². The van der Waals surface area contributed by atoms with Crippen molar-refractivity contribution in [3.63, 3.8) is 0 Å². The van der Waals surface area contributed by atoms with Crippen molar-refractivity contribution in [2.24, 2.45) is 5.92 Å². The maximum absolute atomic E-state index is 14.6. The molecule has 1 N–H and O–H groups in total. The van der Waals surface area contributed by atoms with Crippen LogP contribution in [0.3, 0.4) is 0 Å². The number of alkyl halides is 1. The predicted octanol–water partition coefficient (Wildman–Crippen LogP) is 3.81. The number of hydrogen-bond donors (Lipinski definition) is 1. The zero-order valence-electron chi connectivity index (χ0n) is 14.1. The van der Waals surface area contributed by atoms with Gasteiger partial charge in [0.15, 0.2) is 0 Å². The van der Waals surface area contributed by atoms with E-state index in [1.165, 1.54) is 6.07 Å². The predicted molar refractivity (Wildman–Crippen MR) is 96.0 cm³/mol. The molecule has 0 fully saturated rings. The van der Waals surface area contributed by atoms with Crippen LogP contribution in [0, 0.1) is 23.1 Å². The van der Waals surface area contributed by atoms with Crippen molar-refractivity contribution in [1.82, 2.24) is 9.55 Å². The topological polar surface area (TPSA) is 61.8 Å². The van der Waals surface area contributed by atoms with E-state index >= 15 is 0 Å². The van der Waals surface area contributed by atoms with Crippen LogP contribution in [0.5, 0.6) is 0 Å². The molecule has 0 radical (unpaired) electrons. The molecule has 0 saturated carbocycles. The number of fused-ring (bicyclic) bond motifs is 1. The number of imidazole rings is 1. The molecule has 0 bridgehead atoms. The summed E-state index contributed by atoms with van der Waals surface area (Å²) in [6.07, 6.45) is 9.20. The molecule has 1 aliphatic heterocycles. The van der Waals surface area contributed by atoms with E-state index in [2.05, 4.69) is 4.98 Å². The summed E-state index contributed by atoms with van der Waals surface area (Å²) < 4.78 is 16.4. The summed E-state index contributed by atoms with van der Waals surface area (Å²) in [6.45, 7) is 1.99. The van der Waals surface area contributed by atoms with E-state index in [1.54, 1.807) is 29.2 Å². The standard InChI is InChI=1S/C20H17ClFN3O/c1-12-6-14(3-5-16(12)21)20(26)8-18(25-11-24-10-19(20)25)15-4-2-13(9-23)7-17(15)22/h2-7,10-12,16,18,26H,8H2,1H3. The molecule has 0 saturated heterocycles. The number of halogens is 2. The molecule has 132 valence electrons. The van der Waals surface area contributed by atoms with Crippen LogP contribution in [0.25, 0.3) is 0 Å². The van der Waals surface area contributed by atoms with E-state index in [4.69, 9.17) is 16.9 Å². The zero-order valence-corrected chi connectivity index (χ0v) is 14.9. The molecule has 4 unspecified atom stereocenters. The lowest BCUT2D eigenvalue weighted by molar-refractivity contribution is 0.0774. The first-order valence-corrected chi connectivity index (χ1v) is 8.86. The zero-order chi connectivity index (χ0) is 18.5. The van der Waals surface area contributed by atoms with E-state index in [-0.39, 0.29) is 16.9 Å². The molecule has 6 heteroatoms. The van der Waals surface area contributed by atoms with Crippen molar-refractivity contribution < 1.29 is 9.50 Å². The van der Waals surface area contributed by atoms with Crippen LogP contribution in [0.2, 0.25) is 0 Å². The Kier molecular flexibility index (Phi) is 3.98. The lowest BCUT2D eigenvalue weighted by Gasteiger charge is -2.28. The second-order valence-electron chi connectivity index (χ2n) is 6.90. The molecule has 4 nitrogen and oxygen atoms in total. The second kappa shape index (κ2) is 6.08. The van der Waals surface area contributed by atoms with Gasteiger partial charge in [-0.2, -0.15) is 5.26 Å². The summed E-state index contributed by atoms with van der Waals surface area (Å²) in [4.78, 5) is 4.16. The fraction of sp³-hybridized carbons (Fsp3) is 0.300. The van der Waals surface area contributed by atoms with E-state index in [1.807, 2.05) is 31.2 Å². The molecule has 1 aromatic carbocycles. The number of hydrogen-bond acceptors (Lipinski definition) is 3. The van der Waals surface area contributed by atoms with Crippen LogP contribution in [-0.2, 0) is 5.60 Å². The molecule has 2 heterocycles. The number of nitriles is 1. The third kappa shape index (κ3) is 2.49. The Hall–Kier alpha value is -2.42. The Morgan fingerprint density at radius 2 is 2.27 bits per heavy atom.